The number of thiophene rings is 1. The van der Waals surface area contributed by atoms with Crippen molar-refractivity contribution in [3.05, 3.63) is 58.5 Å². The van der Waals surface area contributed by atoms with Crippen LogP contribution in [0.4, 0.5) is 0 Å². The van der Waals surface area contributed by atoms with Crippen molar-refractivity contribution in [1.29, 1.82) is 0 Å². The van der Waals surface area contributed by atoms with Crippen LogP contribution >= 0.6 is 27.3 Å². The van der Waals surface area contributed by atoms with E-state index in [1.165, 1.54) is 4.88 Å². The van der Waals surface area contributed by atoms with Gasteiger partial charge in [0.1, 0.15) is 18.3 Å². The van der Waals surface area contributed by atoms with E-state index in [0.29, 0.717) is 6.54 Å². The van der Waals surface area contributed by atoms with Gasteiger partial charge in [-0.1, -0.05) is 22.0 Å². The lowest BCUT2D eigenvalue weighted by molar-refractivity contribution is 0.678. The van der Waals surface area contributed by atoms with Crippen LogP contribution in [0.2, 0.25) is 0 Å². The lowest BCUT2D eigenvalue weighted by Crippen LogP contribution is -2.05. The molecular formula is C16H10BrN5S. The third-order valence-corrected chi connectivity index (χ3v) is 5.36. The van der Waals surface area contributed by atoms with Crippen LogP contribution in [0.3, 0.4) is 0 Å². The van der Waals surface area contributed by atoms with Crippen molar-refractivity contribution in [3.8, 4) is 27.6 Å². The van der Waals surface area contributed by atoms with Crippen LogP contribution in [-0.4, -0.2) is 24.3 Å². The van der Waals surface area contributed by atoms with Crippen LogP contribution < -0.4 is 0 Å². The average molecular weight is 384 g/mol. The molecule has 1 aliphatic rings. The second-order valence-corrected chi connectivity index (χ2v) is 7.15. The molecule has 0 spiro atoms. The van der Waals surface area contributed by atoms with Crippen molar-refractivity contribution < 1.29 is 0 Å². The average Bonchev–Trinajstić information content (AvgIpc) is 3.27. The molecule has 3 aromatic heterocycles. The van der Waals surface area contributed by atoms with Crippen LogP contribution in [0.1, 0.15) is 5.69 Å². The van der Waals surface area contributed by atoms with Gasteiger partial charge in [-0.05, 0) is 29.6 Å². The molecule has 1 aliphatic heterocycles. The minimum Gasteiger partial charge on any atom is -0.300 e. The van der Waals surface area contributed by atoms with Crippen molar-refractivity contribution in [2.24, 2.45) is 0 Å². The predicted octanol–water partition coefficient (Wildman–Crippen LogP) is 3.98. The third-order valence-electron chi connectivity index (χ3n) is 4.00. The predicted molar refractivity (Wildman–Crippen MR) is 92.7 cm³/mol. The first-order valence-electron chi connectivity index (χ1n) is 7.09. The summed E-state index contributed by atoms with van der Waals surface area (Å²) in [5, 5.41) is 6.47. The number of nitrogens with zero attached hydrogens (tertiary/aromatic N) is 5. The lowest BCUT2D eigenvalue weighted by atomic mass is 10.1. The number of hydrogen-bond donors (Lipinski definition) is 0. The SMILES string of the molecule is Brc1ccc2c(c1)-c1ncnn1Cc1c(-c3cccs3)ncn1-2. The number of halogens is 1. The van der Waals surface area contributed by atoms with E-state index in [-0.39, 0.29) is 0 Å². The summed E-state index contributed by atoms with van der Waals surface area (Å²) in [7, 11) is 0. The summed E-state index contributed by atoms with van der Waals surface area (Å²) in [5.74, 6) is 0.877. The Bertz CT molecular complexity index is 1020. The standard InChI is InChI=1S/C16H10BrN5S/c17-10-3-4-12-11(6-10)16-18-8-20-22(16)7-13-15(19-9-21(12)13)14-2-1-5-23-14/h1-6,8-9H,7H2. The summed E-state index contributed by atoms with van der Waals surface area (Å²) in [6.07, 6.45) is 3.50. The normalized spacial score (nSPS) is 12.4. The highest BCUT2D eigenvalue weighted by Gasteiger charge is 2.24. The molecule has 0 N–H and O–H groups in total. The first kappa shape index (κ1) is 13.2. The molecule has 7 heteroatoms. The van der Waals surface area contributed by atoms with E-state index < -0.39 is 0 Å². The van der Waals surface area contributed by atoms with E-state index in [9.17, 15) is 0 Å². The molecule has 23 heavy (non-hydrogen) atoms. The van der Waals surface area contributed by atoms with Gasteiger partial charge in [0.05, 0.1) is 22.8 Å². The van der Waals surface area contributed by atoms with Gasteiger partial charge in [-0.15, -0.1) is 11.3 Å². The van der Waals surface area contributed by atoms with Gasteiger partial charge in [-0.25, -0.2) is 14.6 Å². The zero-order chi connectivity index (χ0) is 15.4. The number of fused-ring (bicyclic) bond motifs is 5. The third kappa shape index (κ3) is 1.93. The van der Waals surface area contributed by atoms with Crippen LogP contribution in [0.15, 0.2) is 52.8 Å². The van der Waals surface area contributed by atoms with E-state index in [1.807, 2.05) is 23.1 Å². The Hall–Kier alpha value is -2.25. The van der Waals surface area contributed by atoms with Gasteiger partial charge >= 0.3 is 0 Å². The van der Waals surface area contributed by atoms with Crippen LogP contribution in [0.25, 0.3) is 27.6 Å². The molecule has 112 valence electrons. The maximum Gasteiger partial charge on any atom is 0.160 e. The molecule has 0 radical (unpaired) electrons. The van der Waals surface area contributed by atoms with Gasteiger partial charge in [0.15, 0.2) is 5.82 Å². The highest BCUT2D eigenvalue weighted by molar-refractivity contribution is 9.10. The molecule has 4 heterocycles. The molecular weight excluding hydrogens is 374 g/mol. The van der Waals surface area contributed by atoms with Crippen LogP contribution in [0, 0.1) is 0 Å². The molecule has 0 unspecified atom stereocenters. The number of benzene rings is 1. The van der Waals surface area contributed by atoms with E-state index in [0.717, 1.165) is 32.9 Å². The Morgan fingerprint density at radius 2 is 2.13 bits per heavy atom. The Morgan fingerprint density at radius 3 is 3.00 bits per heavy atom. The van der Waals surface area contributed by atoms with Crippen molar-refractivity contribution in [3.63, 3.8) is 0 Å². The first-order valence-corrected chi connectivity index (χ1v) is 8.77. The minimum absolute atomic E-state index is 0.648. The summed E-state index contributed by atoms with van der Waals surface area (Å²) in [6, 6.07) is 10.4. The first-order chi connectivity index (χ1) is 11.3. The number of imidazole rings is 1. The molecule has 0 amide bonds. The fourth-order valence-electron chi connectivity index (χ4n) is 2.98. The summed E-state index contributed by atoms with van der Waals surface area (Å²) < 4.78 is 5.10. The molecule has 0 saturated heterocycles. The number of hydrogen-bond acceptors (Lipinski definition) is 4. The molecule has 0 bridgehead atoms. The van der Waals surface area contributed by atoms with E-state index in [4.69, 9.17) is 0 Å². The Balaban J connectivity index is 1.84. The summed E-state index contributed by atoms with van der Waals surface area (Å²) in [4.78, 5) is 10.3. The van der Waals surface area contributed by atoms with Crippen LogP contribution in [0.5, 0.6) is 0 Å². The zero-order valence-corrected chi connectivity index (χ0v) is 14.3. The fourth-order valence-corrected chi connectivity index (χ4v) is 4.08. The lowest BCUT2D eigenvalue weighted by Gasteiger charge is -2.08. The number of aromatic nitrogens is 5. The largest absolute Gasteiger partial charge is 0.300 e. The molecule has 5 rings (SSSR count). The molecule has 0 atom stereocenters. The highest BCUT2D eigenvalue weighted by atomic mass is 79.9. The number of rotatable bonds is 1. The Labute approximate surface area is 144 Å². The Morgan fingerprint density at radius 1 is 1.17 bits per heavy atom. The molecule has 0 saturated carbocycles. The van der Waals surface area contributed by atoms with E-state index in [1.54, 1.807) is 17.7 Å². The van der Waals surface area contributed by atoms with Crippen molar-refractivity contribution >= 4 is 27.3 Å². The topological polar surface area (TPSA) is 48.5 Å². The van der Waals surface area contributed by atoms with E-state index >= 15 is 0 Å². The molecule has 1 aromatic carbocycles. The maximum absolute atomic E-state index is 4.66. The minimum atomic E-state index is 0.648. The van der Waals surface area contributed by atoms with Crippen molar-refractivity contribution in [1.82, 2.24) is 24.3 Å². The van der Waals surface area contributed by atoms with Gasteiger partial charge < -0.3 is 0 Å². The Kier molecular flexibility index (Phi) is 2.80. The summed E-state index contributed by atoms with van der Waals surface area (Å²) in [6.45, 7) is 0.648. The van der Waals surface area contributed by atoms with Crippen molar-refractivity contribution in [2.75, 3.05) is 0 Å². The van der Waals surface area contributed by atoms with Crippen LogP contribution in [-0.2, 0) is 6.54 Å². The monoisotopic (exact) mass is 383 g/mol. The fraction of sp³-hybridized carbons (Fsp3) is 0.0625. The molecule has 0 fully saturated rings. The summed E-state index contributed by atoms with van der Waals surface area (Å²) in [5.41, 5.74) is 4.26. The smallest absolute Gasteiger partial charge is 0.160 e. The van der Waals surface area contributed by atoms with Gasteiger partial charge in [0.25, 0.3) is 0 Å². The second kappa shape index (κ2) is 4.87. The van der Waals surface area contributed by atoms with Gasteiger partial charge in [-0.3, -0.25) is 4.57 Å². The van der Waals surface area contributed by atoms with E-state index in [2.05, 4.69) is 59.1 Å². The van der Waals surface area contributed by atoms with Gasteiger partial charge in [0, 0.05) is 10.0 Å². The zero-order valence-electron chi connectivity index (χ0n) is 11.8. The van der Waals surface area contributed by atoms with Crippen molar-refractivity contribution in [2.45, 2.75) is 6.54 Å². The second-order valence-electron chi connectivity index (χ2n) is 5.29. The van der Waals surface area contributed by atoms with Gasteiger partial charge in [-0.2, -0.15) is 5.10 Å². The molecule has 0 aliphatic carbocycles. The van der Waals surface area contributed by atoms with Gasteiger partial charge in [0.2, 0.25) is 0 Å². The quantitative estimate of drug-likeness (QED) is 0.439. The summed E-state index contributed by atoms with van der Waals surface area (Å²) >= 11 is 5.25. The molecule has 5 nitrogen and oxygen atoms in total. The maximum atomic E-state index is 4.66. The molecule has 4 aromatic rings. The highest BCUT2D eigenvalue weighted by Crippen LogP contribution is 2.36.